The van der Waals surface area contributed by atoms with Gasteiger partial charge in [0.05, 0.1) is 17.8 Å². The highest BCUT2D eigenvalue weighted by Gasteiger charge is 2.23. The Bertz CT molecular complexity index is 1300. The number of fused-ring (bicyclic) bond motifs is 3. The number of rotatable bonds is 7. The molecule has 1 aliphatic heterocycles. The molecule has 0 radical (unpaired) electrons. The lowest BCUT2D eigenvalue weighted by atomic mass is 10.1. The molecule has 5 nitrogen and oxygen atoms in total. The number of nitrogens with one attached hydrogen (secondary N) is 1. The number of ether oxygens (including phenoxy) is 1. The van der Waals surface area contributed by atoms with Crippen LogP contribution in [0.1, 0.15) is 29.3 Å². The summed E-state index contributed by atoms with van der Waals surface area (Å²) in [5.41, 5.74) is 4.84. The molecule has 4 aromatic rings. The summed E-state index contributed by atoms with van der Waals surface area (Å²) in [6, 6.07) is 22.3. The lowest BCUT2D eigenvalue weighted by Crippen LogP contribution is -2.25. The second kappa shape index (κ2) is 9.16. The molecule has 0 bridgehead atoms. The van der Waals surface area contributed by atoms with Crippen molar-refractivity contribution in [2.45, 2.75) is 29.6 Å². The average Bonchev–Trinajstić information content (AvgIpc) is 3.29. The van der Waals surface area contributed by atoms with Crippen LogP contribution in [0.2, 0.25) is 0 Å². The highest BCUT2D eigenvalue weighted by atomic mass is 32.2. The molecule has 0 saturated carbocycles. The highest BCUT2D eigenvalue weighted by molar-refractivity contribution is 7.99. The summed E-state index contributed by atoms with van der Waals surface area (Å²) >= 11 is 1.73. The molecule has 5 rings (SSSR count). The molecule has 1 N–H and O–H groups in total. The zero-order valence-electron chi connectivity index (χ0n) is 18.3. The van der Waals surface area contributed by atoms with E-state index in [2.05, 4.69) is 41.1 Å². The molecule has 166 valence electrons. The molecular weight excluding hydrogens is 432 g/mol. The Labute approximate surface area is 196 Å². The van der Waals surface area contributed by atoms with Gasteiger partial charge in [0.25, 0.3) is 0 Å². The van der Waals surface area contributed by atoms with E-state index in [1.807, 2.05) is 42.5 Å². The number of H-pyrrole nitrogens is 1. The SMILES string of the molecule is CCc1cccc2c(C(=O)COC(=O)CCN3c4ccccc4Sc4ccccc43)c[nH]c12. The Kier molecular flexibility index (Phi) is 5.92. The molecule has 1 aromatic heterocycles. The van der Waals surface area contributed by atoms with E-state index in [4.69, 9.17) is 4.74 Å². The van der Waals surface area contributed by atoms with E-state index in [1.165, 1.54) is 0 Å². The Morgan fingerprint density at radius 3 is 2.33 bits per heavy atom. The third-order valence-electron chi connectivity index (χ3n) is 5.92. The van der Waals surface area contributed by atoms with Crippen molar-refractivity contribution in [2.24, 2.45) is 0 Å². The lowest BCUT2D eigenvalue weighted by molar-refractivity contribution is -0.142. The Morgan fingerprint density at radius 2 is 1.64 bits per heavy atom. The minimum atomic E-state index is -0.384. The Hall–Kier alpha value is -3.51. The van der Waals surface area contributed by atoms with Crippen LogP contribution in [-0.2, 0) is 16.0 Å². The van der Waals surface area contributed by atoms with Crippen LogP contribution in [0.15, 0.2) is 82.7 Å². The molecule has 0 amide bonds. The van der Waals surface area contributed by atoms with E-state index < -0.39 is 0 Å². The van der Waals surface area contributed by atoms with Crippen molar-refractivity contribution < 1.29 is 14.3 Å². The van der Waals surface area contributed by atoms with Gasteiger partial charge in [-0.2, -0.15) is 0 Å². The first-order valence-corrected chi connectivity index (χ1v) is 11.9. The lowest BCUT2D eigenvalue weighted by Gasteiger charge is -2.32. The number of aryl methyl sites for hydroxylation is 1. The Balaban J connectivity index is 1.25. The fourth-order valence-electron chi connectivity index (χ4n) is 4.26. The summed E-state index contributed by atoms with van der Waals surface area (Å²) < 4.78 is 5.37. The summed E-state index contributed by atoms with van der Waals surface area (Å²) in [7, 11) is 0. The first kappa shape index (κ1) is 21.3. The predicted molar refractivity (Wildman–Crippen MR) is 132 cm³/mol. The van der Waals surface area contributed by atoms with Crippen LogP contribution in [0, 0.1) is 0 Å². The number of carbonyl (C=O) groups excluding carboxylic acids is 2. The third kappa shape index (κ3) is 4.14. The highest BCUT2D eigenvalue weighted by Crippen LogP contribution is 2.47. The van der Waals surface area contributed by atoms with Crippen molar-refractivity contribution >= 4 is 45.8 Å². The van der Waals surface area contributed by atoms with Crippen molar-refractivity contribution in [3.63, 3.8) is 0 Å². The van der Waals surface area contributed by atoms with E-state index in [9.17, 15) is 9.59 Å². The van der Waals surface area contributed by atoms with Gasteiger partial charge in [0.1, 0.15) is 0 Å². The number of aromatic nitrogens is 1. The van der Waals surface area contributed by atoms with Crippen LogP contribution in [0.5, 0.6) is 0 Å². The van der Waals surface area contributed by atoms with Crippen molar-refractivity contribution in [1.82, 2.24) is 4.98 Å². The molecule has 0 spiro atoms. The van der Waals surface area contributed by atoms with Crippen molar-refractivity contribution in [2.75, 3.05) is 18.1 Å². The van der Waals surface area contributed by atoms with E-state index in [1.54, 1.807) is 18.0 Å². The van der Waals surface area contributed by atoms with Crippen molar-refractivity contribution in [3.8, 4) is 0 Å². The van der Waals surface area contributed by atoms with Gasteiger partial charge in [-0.25, -0.2) is 0 Å². The molecule has 33 heavy (non-hydrogen) atoms. The van der Waals surface area contributed by atoms with E-state index in [-0.39, 0.29) is 24.8 Å². The number of Topliss-reactive ketones (excluding diaryl/α,β-unsaturated/α-hetero) is 1. The first-order chi connectivity index (χ1) is 16.2. The van der Waals surface area contributed by atoms with Gasteiger partial charge < -0.3 is 14.6 Å². The van der Waals surface area contributed by atoms with E-state index in [0.29, 0.717) is 12.1 Å². The largest absolute Gasteiger partial charge is 0.457 e. The van der Waals surface area contributed by atoms with E-state index >= 15 is 0 Å². The van der Waals surface area contributed by atoms with Gasteiger partial charge in [0, 0.05) is 39.0 Å². The normalized spacial score (nSPS) is 12.3. The van der Waals surface area contributed by atoms with Gasteiger partial charge in [-0.05, 0) is 36.2 Å². The quantitative estimate of drug-likeness (QED) is 0.267. The number of ketones is 1. The van der Waals surface area contributed by atoms with Gasteiger partial charge in [0.2, 0.25) is 5.78 Å². The number of aromatic amines is 1. The second-order valence-electron chi connectivity index (χ2n) is 7.92. The van der Waals surface area contributed by atoms with Gasteiger partial charge in [-0.3, -0.25) is 9.59 Å². The molecular formula is C27H24N2O3S. The number of anilines is 2. The molecule has 0 atom stereocenters. The minimum absolute atomic E-state index is 0.189. The predicted octanol–water partition coefficient (Wildman–Crippen LogP) is 6.15. The molecule has 1 aliphatic rings. The topological polar surface area (TPSA) is 62.4 Å². The summed E-state index contributed by atoms with van der Waals surface area (Å²) in [6.07, 6.45) is 2.77. The third-order valence-corrected chi connectivity index (χ3v) is 7.05. The number of hydrogen-bond acceptors (Lipinski definition) is 5. The average molecular weight is 457 g/mol. The summed E-state index contributed by atoms with van der Waals surface area (Å²) in [6.45, 7) is 2.30. The minimum Gasteiger partial charge on any atom is -0.457 e. The van der Waals surface area contributed by atoms with Crippen LogP contribution in [-0.4, -0.2) is 29.9 Å². The fourth-order valence-corrected chi connectivity index (χ4v) is 5.36. The van der Waals surface area contributed by atoms with Crippen LogP contribution >= 0.6 is 11.8 Å². The summed E-state index contributed by atoms with van der Waals surface area (Å²) in [5.74, 6) is -0.585. The van der Waals surface area contributed by atoms with Crippen molar-refractivity contribution in [1.29, 1.82) is 0 Å². The summed E-state index contributed by atoms with van der Waals surface area (Å²) in [5, 5.41) is 0.870. The smallest absolute Gasteiger partial charge is 0.308 e. The number of esters is 1. The standard InChI is InChI=1S/C27H24N2O3S/c1-2-18-8-7-9-19-20(16-28-27(18)19)23(30)17-32-26(31)14-15-29-21-10-3-5-12-24(21)33-25-13-6-4-11-22(25)29/h3-13,16,28H,2,14-15,17H2,1H3. The zero-order valence-corrected chi connectivity index (χ0v) is 19.2. The molecule has 2 heterocycles. The maximum atomic E-state index is 12.7. The molecule has 3 aromatic carbocycles. The number of carbonyl (C=O) groups is 2. The molecule has 6 heteroatoms. The molecule has 0 unspecified atom stereocenters. The molecule has 0 saturated heterocycles. The maximum absolute atomic E-state index is 12.7. The van der Waals surface area contributed by atoms with Crippen LogP contribution in [0.3, 0.4) is 0 Å². The number of para-hydroxylation sites is 3. The Morgan fingerprint density at radius 1 is 0.939 bits per heavy atom. The van der Waals surface area contributed by atoms with Gasteiger partial charge in [0.15, 0.2) is 6.61 Å². The first-order valence-electron chi connectivity index (χ1n) is 11.1. The van der Waals surface area contributed by atoms with Crippen LogP contribution < -0.4 is 4.90 Å². The maximum Gasteiger partial charge on any atom is 0.308 e. The van der Waals surface area contributed by atoms with Crippen LogP contribution in [0.25, 0.3) is 10.9 Å². The zero-order chi connectivity index (χ0) is 22.8. The number of benzene rings is 3. The second-order valence-corrected chi connectivity index (χ2v) is 9.00. The van der Waals surface area contributed by atoms with Gasteiger partial charge >= 0.3 is 5.97 Å². The van der Waals surface area contributed by atoms with Crippen molar-refractivity contribution in [3.05, 3.63) is 84.1 Å². The van der Waals surface area contributed by atoms with E-state index in [0.717, 1.165) is 44.1 Å². The van der Waals surface area contributed by atoms with Gasteiger partial charge in [-0.1, -0.05) is 61.2 Å². The molecule has 0 fully saturated rings. The fraction of sp³-hybridized carbons (Fsp3) is 0.185. The van der Waals surface area contributed by atoms with Gasteiger partial charge in [-0.15, -0.1) is 0 Å². The number of hydrogen-bond donors (Lipinski definition) is 1. The summed E-state index contributed by atoms with van der Waals surface area (Å²) in [4.78, 5) is 32.9. The van der Waals surface area contributed by atoms with Crippen LogP contribution in [0.4, 0.5) is 11.4 Å². The number of nitrogens with zero attached hydrogens (tertiary/aromatic N) is 1. The monoisotopic (exact) mass is 456 g/mol. The molecule has 0 aliphatic carbocycles.